The van der Waals surface area contributed by atoms with Gasteiger partial charge in [0.15, 0.2) is 9.84 Å². The Kier molecular flexibility index (Phi) is 4.84. The lowest BCUT2D eigenvalue weighted by molar-refractivity contribution is -0.119. The zero-order valence-corrected chi connectivity index (χ0v) is 14.2. The van der Waals surface area contributed by atoms with Gasteiger partial charge in [-0.25, -0.2) is 8.42 Å². The molecule has 1 amide bonds. The maximum absolute atomic E-state index is 12.2. The molecule has 7 nitrogen and oxygen atoms in total. The molecule has 1 heterocycles. The van der Waals surface area contributed by atoms with Gasteiger partial charge in [0.1, 0.15) is 0 Å². The van der Waals surface area contributed by atoms with E-state index in [0.29, 0.717) is 5.56 Å². The first-order valence-electron chi connectivity index (χ1n) is 7.20. The Balaban J connectivity index is 2.30. The van der Waals surface area contributed by atoms with Gasteiger partial charge >= 0.3 is 6.01 Å². The number of hydrogen-bond acceptors (Lipinski definition) is 6. The van der Waals surface area contributed by atoms with Crippen molar-refractivity contribution in [3.8, 4) is 11.5 Å². The molecule has 0 aliphatic heterocycles. The van der Waals surface area contributed by atoms with Crippen LogP contribution in [0.25, 0.3) is 11.5 Å². The van der Waals surface area contributed by atoms with Crippen LogP contribution < -0.4 is 5.32 Å². The molecule has 1 N–H and O–H groups in total. The van der Waals surface area contributed by atoms with Crippen molar-refractivity contribution in [3.05, 3.63) is 24.3 Å². The molecule has 124 valence electrons. The Labute approximate surface area is 135 Å². The number of nitrogens with one attached hydrogen (secondary N) is 1. The van der Waals surface area contributed by atoms with Gasteiger partial charge in [-0.05, 0) is 32.0 Å². The van der Waals surface area contributed by atoms with Gasteiger partial charge < -0.3 is 4.42 Å². The maximum atomic E-state index is 12.2. The lowest BCUT2D eigenvalue weighted by atomic mass is 10.2. The second-order valence-electron chi connectivity index (χ2n) is 5.68. The molecule has 0 bridgehead atoms. The Morgan fingerprint density at radius 3 is 2.48 bits per heavy atom. The van der Waals surface area contributed by atoms with E-state index in [1.54, 1.807) is 39.8 Å². The highest BCUT2D eigenvalue weighted by Crippen LogP contribution is 2.24. The van der Waals surface area contributed by atoms with E-state index < -0.39 is 15.1 Å². The van der Waals surface area contributed by atoms with Crippen LogP contribution in [0.2, 0.25) is 0 Å². The molecule has 0 aliphatic rings. The van der Waals surface area contributed by atoms with E-state index >= 15 is 0 Å². The summed E-state index contributed by atoms with van der Waals surface area (Å²) in [5, 5.41) is 9.56. The largest absolute Gasteiger partial charge is 0.403 e. The summed E-state index contributed by atoms with van der Waals surface area (Å²) in [6.07, 6.45) is 0. The standard InChI is InChI=1S/C15H19N3O4S/c1-9(2)13(19)16-15-18-17-14(22-15)11-6-5-7-12(8-11)23(20,21)10(3)4/h5-10H,1-4H3,(H,16,18,19). The molecule has 2 aromatic rings. The van der Waals surface area contributed by atoms with Crippen LogP contribution in [0.4, 0.5) is 6.01 Å². The minimum Gasteiger partial charge on any atom is -0.403 e. The second kappa shape index (κ2) is 6.49. The monoisotopic (exact) mass is 337 g/mol. The number of anilines is 1. The molecule has 0 atom stereocenters. The van der Waals surface area contributed by atoms with Crippen LogP contribution in [-0.4, -0.2) is 29.8 Å². The first-order valence-corrected chi connectivity index (χ1v) is 8.75. The average Bonchev–Trinajstić information content (AvgIpc) is 2.95. The lowest BCUT2D eigenvalue weighted by Gasteiger charge is -2.08. The van der Waals surface area contributed by atoms with E-state index in [2.05, 4.69) is 15.5 Å². The number of benzene rings is 1. The summed E-state index contributed by atoms with van der Waals surface area (Å²) in [4.78, 5) is 11.8. The van der Waals surface area contributed by atoms with Crippen LogP contribution in [-0.2, 0) is 14.6 Å². The molecule has 0 unspecified atom stereocenters. The van der Waals surface area contributed by atoms with Crippen molar-refractivity contribution in [3.63, 3.8) is 0 Å². The van der Waals surface area contributed by atoms with E-state index in [0.717, 1.165) is 0 Å². The molecular formula is C15H19N3O4S. The van der Waals surface area contributed by atoms with Gasteiger partial charge in [0.05, 0.1) is 10.1 Å². The predicted octanol–water partition coefficient (Wildman–Crippen LogP) is 2.51. The van der Waals surface area contributed by atoms with E-state index in [4.69, 9.17) is 4.42 Å². The van der Waals surface area contributed by atoms with Crippen molar-refractivity contribution < 1.29 is 17.6 Å². The third-order valence-electron chi connectivity index (χ3n) is 3.21. The third-order valence-corrected chi connectivity index (χ3v) is 5.36. The van der Waals surface area contributed by atoms with Crippen LogP contribution in [0, 0.1) is 5.92 Å². The van der Waals surface area contributed by atoms with Gasteiger partial charge in [-0.1, -0.05) is 25.0 Å². The number of carbonyl (C=O) groups excluding carboxylic acids is 1. The normalized spacial score (nSPS) is 11.9. The average molecular weight is 337 g/mol. The molecular weight excluding hydrogens is 318 g/mol. The SMILES string of the molecule is CC(C)C(=O)Nc1nnc(-c2cccc(S(=O)(=O)C(C)C)c2)o1. The first-order chi connectivity index (χ1) is 10.7. The predicted molar refractivity (Wildman–Crippen MR) is 85.5 cm³/mol. The van der Waals surface area contributed by atoms with E-state index in [9.17, 15) is 13.2 Å². The number of aromatic nitrogens is 2. The van der Waals surface area contributed by atoms with Crippen molar-refractivity contribution in [1.82, 2.24) is 10.2 Å². The molecule has 0 saturated carbocycles. The quantitative estimate of drug-likeness (QED) is 0.899. The Morgan fingerprint density at radius 1 is 1.17 bits per heavy atom. The Morgan fingerprint density at radius 2 is 1.87 bits per heavy atom. The van der Waals surface area contributed by atoms with Crippen molar-refractivity contribution >= 4 is 21.8 Å². The summed E-state index contributed by atoms with van der Waals surface area (Å²) in [7, 11) is -3.39. The first kappa shape index (κ1) is 17.1. The van der Waals surface area contributed by atoms with Crippen LogP contribution >= 0.6 is 0 Å². The number of sulfone groups is 1. The van der Waals surface area contributed by atoms with Crippen molar-refractivity contribution in [2.75, 3.05) is 5.32 Å². The van der Waals surface area contributed by atoms with Crippen molar-refractivity contribution in [2.45, 2.75) is 37.8 Å². The molecule has 0 saturated heterocycles. The van der Waals surface area contributed by atoms with Gasteiger partial charge in [0.25, 0.3) is 0 Å². The highest BCUT2D eigenvalue weighted by molar-refractivity contribution is 7.92. The molecule has 8 heteroatoms. The third kappa shape index (κ3) is 3.76. The van der Waals surface area contributed by atoms with E-state index in [1.165, 1.54) is 12.1 Å². The summed E-state index contributed by atoms with van der Waals surface area (Å²) in [6, 6.07) is 6.27. The van der Waals surface area contributed by atoms with Crippen LogP contribution in [0.15, 0.2) is 33.6 Å². The number of nitrogens with zero attached hydrogens (tertiary/aromatic N) is 2. The summed E-state index contributed by atoms with van der Waals surface area (Å²) in [5.41, 5.74) is 0.476. The number of carbonyl (C=O) groups is 1. The Hall–Kier alpha value is -2.22. The van der Waals surface area contributed by atoms with Crippen molar-refractivity contribution in [1.29, 1.82) is 0 Å². The van der Waals surface area contributed by atoms with Gasteiger partial charge in [0.2, 0.25) is 11.8 Å². The summed E-state index contributed by atoms with van der Waals surface area (Å²) in [5.74, 6) is -0.314. The van der Waals surface area contributed by atoms with E-state index in [1.807, 2.05) is 0 Å². The molecule has 1 aromatic heterocycles. The highest BCUT2D eigenvalue weighted by atomic mass is 32.2. The number of hydrogen-bond donors (Lipinski definition) is 1. The van der Waals surface area contributed by atoms with Crippen LogP contribution in [0.3, 0.4) is 0 Å². The van der Waals surface area contributed by atoms with E-state index in [-0.39, 0.29) is 28.6 Å². The zero-order chi connectivity index (χ0) is 17.2. The molecule has 0 aliphatic carbocycles. The van der Waals surface area contributed by atoms with Gasteiger partial charge in [-0.3, -0.25) is 10.1 Å². The van der Waals surface area contributed by atoms with Gasteiger partial charge in [-0.15, -0.1) is 5.10 Å². The number of rotatable bonds is 5. The molecule has 23 heavy (non-hydrogen) atoms. The summed E-state index contributed by atoms with van der Waals surface area (Å²) < 4.78 is 29.8. The Bertz CT molecular complexity index is 810. The lowest BCUT2D eigenvalue weighted by Crippen LogP contribution is -2.17. The van der Waals surface area contributed by atoms with Crippen LogP contribution in [0.5, 0.6) is 0 Å². The van der Waals surface area contributed by atoms with Gasteiger partial charge in [-0.2, -0.15) is 0 Å². The molecule has 2 rings (SSSR count). The minimum atomic E-state index is -3.39. The van der Waals surface area contributed by atoms with Gasteiger partial charge in [0, 0.05) is 11.5 Å². The fourth-order valence-corrected chi connectivity index (χ4v) is 2.82. The fourth-order valence-electron chi connectivity index (χ4n) is 1.72. The minimum absolute atomic E-state index is 0.0178. The zero-order valence-electron chi connectivity index (χ0n) is 13.4. The second-order valence-corrected chi connectivity index (χ2v) is 8.18. The topological polar surface area (TPSA) is 102 Å². The van der Waals surface area contributed by atoms with Crippen molar-refractivity contribution in [2.24, 2.45) is 5.92 Å². The van der Waals surface area contributed by atoms with Crippen LogP contribution in [0.1, 0.15) is 27.7 Å². The maximum Gasteiger partial charge on any atom is 0.322 e. The fraction of sp³-hybridized carbons (Fsp3) is 0.400. The molecule has 0 spiro atoms. The molecule has 1 aromatic carbocycles. The smallest absolute Gasteiger partial charge is 0.322 e. The molecule has 0 radical (unpaired) electrons. The summed E-state index contributed by atoms with van der Waals surface area (Å²) >= 11 is 0. The number of amides is 1. The summed E-state index contributed by atoms with van der Waals surface area (Å²) in [6.45, 7) is 6.72. The highest BCUT2D eigenvalue weighted by Gasteiger charge is 2.20. The molecule has 0 fully saturated rings.